The van der Waals surface area contributed by atoms with Crippen molar-refractivity contribution in [2.24, 2.45) is 11.8 Å². The van der Waals surface area contributed by atoms with Crippen molar-refractivity contribution in [3.05, 3.63) is 47.5 Å². The summed E-state index contributed by atoms with van der Waals surface area (Å²) in [6.07, 6.45) is 5.88. The van der Waals surface area contributed by atoms with Crippen molar-refractivity contribution in [3.63, 3.8) is 0 Å². The number of thioether (sulfide) groups is 1. The Morgan fingerprint density at radius 1 is 1.32 bits per heavy atom. The number of aliphatic hydroxyl groups is 2. The maximum absolute atomic E-state index is 11.2. The van der Waals surface area contributed by atoms with Crippen LogP contribution >= 0.6 is 23.4 Å². The highest BCUT2D eigenvalue weighted by Gasteiger charge is 2.39. The second kappa shape index (κ2) is 14.2. The van der Waals surface area contributed by atoms with Crippen molar-refractivity contribution in [2.45, 2.75) is 56.3 Å². The van der Waals surface area contributed by atoms with Crippen molar-refractivity contribution >= 4 is 29.3 Å². The minimum atomic E-state index is -0.618. The average molecular weight is 471 g/mol. The van der Waals surface area contributed by atoms with E-state index in [0.717, 1.165) is 35.5 Å². The van der Waals surface area contributed by atoms with Gasteiger partial charge in [-0.15, -0.1) is 11.6 Å². The molecule has 0 unspecified atom stereocenters. The van der Waals surface area contributed by atoms with Crippen LogP contribution in [0.1, 0.15) is 36.8 Å². The van der Waals surface area contributed by atoms with Crippen LogP contribution in [0.2, 0.25) is 0 Å². The summed E-state index contributed by atoms with van der Waals surface area (Å²) in [5.74, 6) is 1.79. The zero-order chi connectivity index (χ0) is 22.6. The predicted molar refractivity (Wildman–Crippen MR) is 126 cm³/mol. The second-order valence-electron chi connectivity index (χ2n) is 8.05. The lowest BCUT2D eigenvalue weighted by Gasteiger charge is -2.21. The normalized spacial score (nSPS) is 24.5. The third-order valence-electron chi connectivity index (χ3n) is 5.67. The van der Waals surface area contributed by atoms with E-state index < -0.39 is 12.2 Å². The lowest BCUT2D eigenvalue weighted by molar-refractivity contribution is -0.140. The second-order valence-corrected chi connectivity index (χ2v) is 9.84. The standard InChI is InChI=1S/C24H35ClO5S/c1-29-16-18-6-3-5-17(13-18)14-19(26)8-9-21-20(22(25)15-23(21)27)10-12-31-11-4-7-24(28)30-2/h3,5-6,8-9,13,19-23,26-27H,4,7,10-12,14-16H2,1-2H3/b9-8+/t19-,20-,21-,22-,23-/m1/s1. The number of benzene rings is 1. The van der Waals surface area contributed by atoms with Gasteiger partial charge in [-0.1, -0.05) is 36.4 Å². The van der Waals surface area contributed by atoms with Crippen LogP contribution in [0.4, 0.5) is 0 Å². The third-order valence-corrected chi connectivity index (χ3v) is 7.27. The summed E-state index contributed by atoms with van der Waals surface area (Å²) in [6.45, 7) is 0.549. The number of esters is 1. The molecule has 0 bridgehead atoms. The van der Waals surface area contributed by atoms with Gasteiger partial charge >= 0.3 is 5.97 Å². The fourth-order valence-corrected chi connectivity index (χ4v) is 5.52. The largest absolute Gasteiger partial charge is 0.469 e. The summed E-state index contributed by atoms with van der Waals surface area (Å²) in [4.78, 5) is 11.2. The summed E-state index contributed by atoms with van der Waals surface area (Å²) in [6, 6.07) is 8.01. The topological polar surface area (TPSA) is 76.0 Å². The van der Waals surface area contributed by atoms with Crippen LogP contribution < -0.4 is 0 Å². The van der Waals surface area contributed by atoms with Crippen LogP contribution in [0.25, 0.3) is 0 Å². The summed E-state index contributed by atoms with van der Waals surface area (Å²) in [5, 5.41) is 20.9. The van der Waals surface area contributed by atoms with Gasteiger partial charge in [0.05, 0.1) is 25.9 Å². The summed E-state index contributed by atoms with van der Waals surface area (Å²) >= 11 is 8.32. The van der Waals surface area contributed by atoms with Crippen LogP contribution in [0.3, 0.4) is 0 Å². The average Bonchev–Trinajstić information content (AvgIpc) is 3.01. The van der Waals surface area contributed by atoms with E-state index in [1.54, 1.807) is 24.9 Å². The molecule has 31 heavy (non-hydrogen) atoms. The summed E-state index contributed by atoms with van der Waals surface area (Å²) in [7, 11) is 3.07. The number of methoxy groups -OCH3 is 2. The first-order chi connectivity index (χ1) is 14.9. The molecule has 0 amide bonds. The summed E-state index contributed by atoms with van der Waals surface area (Å²) in [5.41, 5.74) is 2.13. The van der Waals surface area contributed by atoms with Gasteiger partial charge in [0.15, 0.2) is 0 Å². The Kier molecular flexibility index (Phi) is 12.0. The number of carbonyl (C=O) groups excluding carboxylic acids is 1. The van der Waals surface area contributed by atoms with E-state index in [2.05, 4.69) is 4.74 Å². The number of halogens is 1. The van der Waals surface area contributed by atoms with Gasteiger partial charge in [-0.3, -0.25) is 4.79 Å². The molecule has 0 aliphatic heterocycles. The monoisotopic (exact) mass is 470 g/mol. The van der Waals surface area contributed by atoms with E-state index in [9.17, 15) is 15.0 Å². The molecule has 5 atom stereocenters. The summed E-state index contributed by atoms with van der Waals surface area (Å²) < 4.78 is 9.82. The molecule has 1 aromatic carbocycles. The van der Waals surface area contributed by atoms with Crippen molar-refractivity contribution in [3.8, 4) is 0 Å². The van der Waals surface area contributed by atoms with Crippen LogP contribution in [0, 0.1) is 11.8 Å². The molecule has 0 spiro atoms. The molecule has 1 aromatic rings. The van der Waals surface area contributed by atoms with Gasteiger partial charge in [0.25, 0.3) is 0 Å². The molecule has 1 fully saturated rings. The van der Waals surface area contributed by atoms with Gasteiger partial charge in [-0.25, -0.2) is 0 Å². The van der Waals surface area contributed by atoms with Gasteiger partial charge in [-0.05, 0) is 47.8 Å². The first-order valence-corrected chi connectivity index (χ1v) is 12.4. The number of ether oxygens (including phenoxy) is 2. The Hall–Kier alpha value is -1.05. The highest BCUT2D eigenvalue weighted by atomic mass is 35.5. The maximum Gasteiger partial charge on any atom is 0.305 e. The van der Waals surface area contributed by atoms with Crippen molar-refractivity contribution in [1.29, 1.82) is 0 Å². The van der Waals surface area contributed by atoms with E-state index in [1.807, 2.05) is 30.3 Å². The van der Waals surface area contributed by atoms with Crippen LogP contribution in [-0.4, -0.2) is 59.5 Å². The maximum atomic E-state index is 11.2. The number of carbonyl (C=O) groups is 1. The van der Waals surface area contributed by atoms with E-state index >= 15 is 0 Å². The fraction of sp³-hybridized carbons (Fsp3) is 0.625. The number of hydrogen-bond donors (Lipinski definition) is 2. The Bertz CT molecular complexity index is 698. The molecule has 5 nitrogen and oxygen atoms in total. The Morgan fingerprint density at radius 3 is 2.84 bits per heavy atom. The number of rotatable bonds is 13. The molecule has 7 heteroatoms. The number of hydrogen-bond acceptors (Lipinski definition) is 6. The molecule has 1 saturated carbocycles. The highest BCUT2D eigenvalue weighted by molar-refractivity contribution is 7.99. The Balaban J connectivity index is 1.82. The van der Waals surface area contributed by atoms with E-state index in [0.29, 0.717) is 25.9 Å². The van der Waals surface area contributed by atoms with Crippen molar-refractivity contribution < 1.29 is 24.5 Å². The SMILES string of the molecule is COCc1cccc(C[C@H](O)/C=C/[C@@H]2[C@@H](CCSCCCC(=O)OC)[C@H](Cl)C[C@H]2O)c1. The van der Waals surface area contributed by atoms with Gasteiger partial charge in [0, 0.05) is 31.2 Å². The van der Waals surface area contributed by atoms with Gasteiger partial charge in [-0.2, -0.15) is 11.8 Å². The minimum Gasteiger partial charge on any atom is -0.469 e. The van der Waals surface area contributed by atoms with E-state index in [4.69, 9.17) is 16.3 Å². The molecular weight excluding hydrogens is 436 g/mol. The molecule has 0 aromatic heterocycles. The Labute approximate surface area is 195 Å². The lowest BCUT2D eigenvalue weighted by atomic mass is 9.91. The third kappa shape index (κ3) is 9.15. The molecule has 2 N–H and O–H groups in total. The lowest BCUT2D eigenvalue weighted by Crippen LogP contribution is -2.20. The molecular formula is C24H35ClO5S. The smallest absolute Gasteiger partial charge is 0.305 e. The number of alkyl halides is 1. The predicted octanol–water partition coefficient (Wildman–Crippen LogP) is 3.97. The van der Waals surface area contributed by atoms with Gasteiger partial charge in [0.2, 0.25) is 0 Å². The molecule has 1 aliphatic carbocycles. The van der Waals surface area contributed by atoms with Gasteiger partial charge < -0.3 is 19.7 Å². The highest BCUT2D eigenvalue weighted by Crippen LogP contribution is 2.39. The van der Waals surface area contributed by atoms with Crippen molar-refractivity contribution in [2.75, 3.05) is 25.7 Å². The first kappa shape index (κ1) is 26.2. The molecule has 0 heterocycles. The molecule has 0 radical (unpaired) electrons. The van der Waals surface area contributed by atoms with E-state index in [1.165, 1.54) is 7.11 Å². The van der Waals surface area contributed by atoms with Crippen molar-refractivity contribution in [1.82, 2.24) is 0 Å². The molecule has 0 saturated heterocycles. The Morgan fingerprint density at radius 2 is 2.10 bits per heavy atom. The van der Waals surface area contributed by atoms with Crippen LogP contribution in [0.5, 0.6) is 0 Å². The molecule has 174 valence electrons. The molecule has 2 rings (SSSR count). The van der Waals surface area contributed by atoms with E-state index in [-0.39, 0.29) is 23.2 Å². The zero-order valence-corrected chi connectivity index (χ0v) is 20.0. The fourth-order valence-electron chi connectivity index (χ4n) is 4.05. The zero-order valence-electron chi connectivity index (χ0n) is 18.4. The molecule has 1 aliphatic rings. The van der Waals surface area contributed by atoms with Crippen LogP contribution in [-0.2, 0) is 27.3 Å². The van der Waals surface area contributed by atoms with Gasteiger partial charge in [0.1, 0.15) is 0 Å². The quantitative estimate of drug-likeness (QED) is 0.196. The minimum absolute atomic E-state index is 0.0485. The first-order valence-electron chi connectivity index (χ1n) is 10.8. The van der Waals surface area contributed by atoms with Crippen LogP contribution in [0.15, 0.2) is 36.4 Å². The number of aliphatic hydroxyl groups excluding tert-OH is 2.